The highest BCUT2D eigenvalue weighted by Gasteiger charge is 2.34. The molecule has 2 nitrogen and oxygen atoms in total. The van der Waals surface area contributed by atoms with Crippen LogP contribution in [-0.2, 0) is 4.79 Å². The lowest BCUT2D eigenvalue weighted by Crippen LogP contribution is -2.12. The van der Waals surface area contributed by atoms with Crippen molar-refractivity contribution in [3.05, 3.63) is 0 Å². The Labute approximate surface area is 128 Å². The maximum absolute atomic E-state index is 8.36. The van der Waals surface area contributed by atoms with Gasteiger partial charge in [-0.3, -0.25) is 4.79 Å². The molecule has 0 aliphatic heterocycles. The molecule has 0 aromatic carbocycles. The number of hydrogen-bond donors (Lipinski definition) is 1. The lowest BCUT2D eigenvalue weighted by molar-refractivity contribution is -0.122. The van der Waals surface area contributed by atoms with Crippen LogP contribution in [-0.4, -0.2) is 36.2 Å². The monoisotopic (exact) mass is 305 g/mol. The molecule has 0 fully saturated rings. The van der Waals surface area contributed by atoms with Crippen LogP contribution in [0, 0.1) is 0 Å². The fraction of sp³-hybridized carbons (Fsp3) is 0.941. The van der Waals surface area contributed by atoms with Gasteiger partial charge in [0.05, 0.1) is 24.6 Å². The predicted molar refractivity (Wildman–Crippen MR) is 94.7 cm³/mol. The van der Waals surface area contributed by atoms with E-state index in [9.17, 15) is 0 Å². The highest BCUT2D eigenvalue weighted by molar-refractivity contribution is 7.75. The van der Waals surface area contributed by atoms with E-state index in [2.05, 4.69) is 27.7 Å². The van der Waals surface area contributed by atoms with Crippen molar-refractivity contribution in [2.24, 2.45) is 0 Å². The first-order chi connectivity index (χ1) is 9.66. The zero-order valence-corrected chi connectivity index (χ0v) is 15.3. The van der Waals surface area contributed by atoms with E-state index in [1.807, 2.05) is 0 Å². The molecule has 3 heteroatoms. The van der Waals surface area contributed by atoms with Gasteiger partial charge in [-0.1, -0.05) is 53.4 Å². The van der Waals surface area contributed by atoms with Gasteiger partial charge in [-0.05, 0) is 25.7 Å². The Hall–Kier alpha value is -0.100. The van der Waals surface area contributed by atoms with Crippen molar-refractivity contribution < 1.29 is 9.90 Å². The molecule has 0 radical (unpaired) electrons. The third-order valence-electron chi connectivity index (χ3n) is 3.94. The topological polar surface area (TPSA) is 37.3 Å². The second kappa shape index (κ2) is 17.0. The van der Waals surface area contributed by atoms with E-state index in [1.54, 1.807) is 24.6 Å². The van der Waals surface area contributed by atoms with Gasteiger partial charge in [0.2, 0.25) is 0 Å². The van der Waals surface area contributed by atoms with Crippen molar-refractivity contribution in [2.45, 2.75) is 79.1 Å². The molecule has 0 amide bonds. The van der Waals surface area contributed by atoms with Crippen molar-refractivity contribution in [3.8, 4) is 0 Å². The lowest BCUT2D eigenvalue weighted by Gasteiger charge is -2.28. The number of carbonyl (C=O) groups is 1. The summed E-state index contributed by atoms with van der Waals surface area (Å²) in [5, 5.41) is 6.89. The number of carboxylic acid groups (broad SMARTS) is 1. The Morgan fingerprint density at radius 3 is 1.05 bits per heavy atom. The SMILES string of the molecule is CCCC[P+](CCCC)(CCCC)CCCC.O=CO. The Morgan fingerprint density at radius 2 is 0.900 bits per heavy atom. The minimum Gasteiger partial charge on any atom is -0.483 e. The van der Waals surface area contributed by atoms with Gasteiger partial charge in [0, 0.05) is 7.26 Å². The Kier molecular flexibility index (Phi) is 18.8. The summed E-state index contributed by atoms with van der Waals surface area (Å²) in [6, 6.07) is 0. The van der Waals surface area contributed by atoms with Crippen LogP contribution >= 0.6 is 7.26 Å². The summed E-state index contributed by atoms with van der Waals surface area (Å²) in [6.07, 6.45) is 17.9. The molecule has 0 saturated heterocycles. The molecule has 122 valence electrons. The van der Waals surface area contributed by atoms with E-state index >= 15 is 0 Å². The maximum Gasteiger partial charge on any atom is 0.290 e. The molecule has 0 atom stereocenters. The van der Waals surface area contributed by atoms with E-state index in [-0.39, 0.29) is 6.47 Å². The van der Waals surface area contributed by atoms with Crippen LogP contribution in [0.5, 0.6) is 0 Å². The summed E-state index contributed by atoms with van der Waals surface area (Å²) in [5.41, 5.74) is 0. The summed E-state index contributed by atoms with van der Waals surface area (Å²) >= 11 is 0. The standard InChI is InChI=1S/C16H36P.CH2O2/c1-5-9-13-17(14-10-6-2,15-11-7-3)16-12-8-4;2-1-3/h5-16H2,1-4H3;1H,(H,2,3)/q+1;. The van der Waals surface area contributed by atoms with E-state index < -0.39 is 7.26 Å². The molecule has 20 heavy (non-hydrogen) atoms. The second-order valence-electron chi connectivity index (χ2n) is 5.76. The smallest absolute Gasteiger partial charge is 0.290 e. The lowest BCUT2D eigenvalue weighted by atomic mass is 10.4. The van der Waals surface area contributed by atoms with Crippen LogP contribution in [0.25, 0.3) is 0 Å². The molecule has 0 spiro atoms. The zero-order chi connectivity index (χ0) is 15.7. The third kappa shape index (κ3) is 12.9. The minimum absolute atomic E-state index is 0.250. The molecule has 0 aliphatic carbocycles. The summed E-state index contributed by atoms with van der Waals surface area (Å²) in [4.78, 5) is 8.36. The largest absolute Gasteiger partial charge is 0.483 e. The molecule has 0 saturated carbocycles. The predicted octanol–water partition coefficient (Wildman–Crippen LogP) is 5.91. The van der Waals surface area contributed by atoms with Crippen molar-refractivity contribution in [2.75, 3.05) is 24.6 Å². The molecule has 0 aliphatic rings. The summed E-state index contributed by atoms with van der Waals surface area (Å²) in [6.45, 7) is 9.17. The molecule has 1 N–H and O–H groups in total. The molecular formula is C17H38O2P+. The third-order valence-corrected chi connectivity index (χ3v) is 9.00. The Balaban J connectivity index is 0. The van der Waals surface area contributed by atoms with Gasteiger partial charge >= 0.3 is 0 Å². The van der Waals surface area contributed by atoms with Crippen LogP contribution in [0.4, 0.5) is 0 Å². The highest BCUT2D eigenvalue weighted by atomic mass is 31.2. The van der Waals surface area contributed by atoms with Crippen molar-refractivity contribution in [3.63, 3.8) is 0 Å². The molecule has 0 bridgehead atoms. The van der Waals surface area contributed by atoms with Gasteiger partial charge in [-0.15, -0.1) is 0 Å². The fourth-order valence-electron chi connectivity index (χ4n) is 2.64. The first-order valence-corrected chi connectivity index (χ1v) is 11.1. The van der Waals surface area contributed by atoms with Crippen LogP contribution in [0.1, 0.15) is 79.1 Å². The first-order valence-electron chi connectivity index (χ1n) is 8.59. The molecule has 0 rings (SSSR count). The molecule has 0 aromatic heterocycles. The highest BCUT2D eigenvalue weighted by Crippen LogP contribution is 2.61. The zero-order valence-electron chi connectivity index (χ0n) is 14.4. The van der Waals surface area contributed by atoms with Gasteiger partial charge in [-0.25, -0.2) is 0 Å². The Bertz CT molecular complexity index is 158. The van der Waals surface area contributed by atoms with E-state index in [4.69, 9.17) is 9.90 Å². The van der Waals surface area contributed by atoms with Crippen LogP contribution in [0.15, 0.2) is 0 Å². The average molecular weight is 305 g/mol. The fourth-order valence-corrected chi connectivity index (χ4v) is 7.93. The van der Waals surface area contributed by atoms with Gasteiger partial charge < -0.3 is 5.11 Å². The normalized spacial score (nSPS) is 10.8. The van der Waals surface area contributed by atoms with E-state index in [1.165, 1.54) is 51.4 Å². The van der Waals surface area contributed by atoms with Crippen molar-refractivity contribution in [1.29, 1.82) is 0 Å². The summed E-state index contributed by atoms with van der Waals surface area (Å²) in [7, 11) is -0.562. The van der Waals surface area contributed by atoms with Crippen LogP contribution < -0.4 is 0 Å². The van der Waals surface area contributed by atoms with Crippen LogP contribution in [0.2, 0.25) is 0 Å². The van der Waals surface area contributed by atoms with Crippen molar-refractivity contribution >= 4 is 13.7 Å². The molecule has 0 unspecified atom stereocenters. The van der Waals surface area contributed by atoms with E-state index in [0.29, 0.717) is 0 Å². The molecule has 0 aromatic rings. The summed E-state index contributed by atoms with van der Waals surface area (Å²) < 4.78 is 0. The maximum atomic E-state index is 8.36. The molecular weight excluding hydrogens is 267 g/mol. The second-order valence-corrected chi connectivity index (χ2v) is 10.2. The number of hydrogen-bond acceptors (Lipinski definition) is 1. The number of rotatable bonds is 12. The quantitative estimate of drug-likeness (QED) is 0.360. The van der Waals surface area contributed by atoms with Crippen molar-refractivity contribution in [1.82, 2.24) is 0 Å². The minimum atomic E-state index is -0.562. The molecule has 0 heterocycles. The number of unbranched alkanes of at least 4 members (excludes halogenated alkanes) is 4. The average Bonchev–Trinajstić information content (AvgIpc) is 2.46. The van der Waals surface area contributed by atoms with Gasteiger partial charge in [0.1, 0.15) is 0 Å². The van der Waals surface area contributed by atoms with E-state index in [0.717, 1.165) is 0 Å². The van der Waals surface area contributed by atoms with Gasteiger partial charge in [0.25, 0.3) is 6.47 Å². The summed E-state index contributed by atoms with van der Waals surface area (Å²) in [5.74, 6) is 0. The Morgan fingerprint density at radius 1 is 0.700 bits per heavy atom. The van der Waals surface area contributed by atoms with Gasteiger partial charge in [0.15, 0.2) is 0 Å². The van der Waals surface area contributed by atoms with Crippen LogP contribution in [0.3, 0.4) is 0 Å². The first kappa shape index (κ1) is 22.2. The van der Waals surface area contributed by atoms with Gasteiger partial charge in [-0.2, -0.15) is 0 Å².